The van der Waals surface area contributed by atoms with Gasteiger partial charge in [0.1, 0.15) is 5.69 Å². The molecule has 2 rings (SSSR count). The van der Waals surface area contributed by atoms with Crippen LogP contribution in [0.25, 0.3) is 11.0 Å². The van der Waals surface area contributed by atoms with Crippen molar-refractivity contribution in [1.29, 1.82) is 0 Å². The summed E-state index contributed by atoms with van der Waals surface area (Å²) in [5.74, 6) is -0.108. The number of nitrogens with zero attached hydrogens (tertiary/aromatic N) is 3. The summed E-state index contributed by atoms with van der Waals surface area (Å²) in [6.45, 7) is 1.40. The second kappa shape index (κ2) is 5.55. The molecule has 5 nitrogen and oxygen atoms in total. The van der Waals surface area contributed by atoms with Crippen molar-refractivity contribution in [3.63, 3.8) is 0 Å². The minimum absolute atomic E-state index is 0.108. The molecule has 1 aromatic carbocycles. The van der Waals surface area contributed by atoms with Gasteiger partial charge in [-0.05, 0) is 19.2 Å². The molecule has 94 valence electrons. The molecule has 1 heterocycles. The summed E-state index contributed by atoms with van der Waals surface area (Å²) in [6, 6.07) is 7.52. The first-order chi connectivity index (χ1) is 8.72. The number of carbonyl (C=O) groups excluding carboxylic acids is 1. The maximum Gasteiger partial charge on any atom is 0.273 e. The number of aromatic nitrogens is 2. The highest BCUT2D eigenvalue weighted by atomic mass is 16.2. The molecule has 0 radical (unpaired) electrons. The van der Waals surface area contributed by atoms with Gasteiger partial charge in [0.05, 0.1) is 17.2 Å². The van der Waals surface area contributed by atoms with Crippen molar-refractivity contribution in [2.75, 3.05) is 27.2 Å². The third-order valence-corrected chi connectivity index (χ3v) is 2.71. The molecule has 0 atom stereocenters. The lowest BCUT2D eigenvalue weighted by Gasteiger charge is -2.16. The summed E-state index contributed by atoms with van der Waals surface area (Å²) >= 11 is 0. The van der Waals surface area contributed by atoms with Gasteiger partial charge >= 0.3 is 0 Å². The Balaban J connectivity index is 2.22. The SMILES string of the molecule is CNCCN(C)C(=O)c1cnc2ccccc2n1. The summed E-state index contributed by atoms with van der Waals surface area (Å²) in [6.07, 6.45) is 1.53. The smallest absolute Gasteiger partial charge is 0.273 e. The average molecular weight is 244 g/mol. The Morgan fingerprint density at radius 1 is 1.33 bits per heavy atom. The van der Waals surface area contributed by atoms with Crippen LogP contribution in [0.2, 0.25) is 0 Å². The number of nitrogens with one attached hydrogen (secondary N) is 1. The summed E-state index contributed by atoms with van der Waals surface area (Å²) in [5, 5.41) is 3.00. The van der Waals surface area contributed by atoms with Gasteiger partial charge in [0, 0.05) is 20.1 Å². The highest BCUT2D eigenvalue weighted by Gasteiger charge is 2.13. The van der Waals surface area contributed by atoms with Gasteiger partial charge in [-0.1, -0.05) is 12.1 Å². The van der Waals surface area contributed by atoms with Crippen LogP contribution in [-0.4, -0.2) is 48.0 Å². The Labute approximate surface area is 106 Å². The molecule has 0 aliphatic heterocycles. The van der Waals surface area contributed by atoms with Gasteiger partial charge in [-0.3, -0.25) is 9.78 Å². The van der Waals surface area contributed by atoms with Crippen LogP contribution < -0.4 is 5.32 Å². The standard InChI is InChI=1S/C13H16N4O/c1-14-7-8-17(2)13(18)12-9-15-10-5-3-4-6-11(10)16-12/h3-6,9,14H,7-8H2,1-2H3. The van der Waals surface area contributed by atoms with Crippen molar-refractivity contribution >= 4 is 16.9 Å². The number of fused-ring (bicyclic) bond motifs is 1. The van der Waals surface area contributed by atoms with E-state index in [0.29, 0.717) is 12.2 Å². The maximum atomic E-state index is 12.1. The van der Waals surface area contributed by atoms with Crippen molar-refractivity contribution in [2.45, 2.75) is 0 Å². The average Bonchev–Trinajstić information content (AvgIpc) is 2.43. The van der Waals surface area contributed by atoms with E-state index in [2.05, 4.69) is 15.3 Å². The van der Waals surface area contributed by atoms with E-state index in [0.717, 1.165) is 17.6 Å². The summed E-state index contributed by atoms with van der Waals surface area (Å²) in [5.41, 5.74) is 1.92. The molecule has 5 heteroatoms. The normalized spacial score (nSPS) is 10.6. The topological polar surface area (TPSA) is 58.1 Å². The van der Waals surface area contributed by atoms with Crippen LogP contribution in [0.3, 0.4) is 0 Å². The van der Waals surface area contributed by atoms with E-state index in [-0.39, 0.29) is 5.91 Å². The van der Waals surface area contributed by atoms with Crippen LogP contribution in [0, 0.1) is 0 Å². The van der Waals surface area contributed by atoms with Crippen molar-refractivity contribution in [2.24, 2.45) is 0 Å². The number of amides is 1. The Morgan fingerprint density at radius 3 is 2.78 bits per heavy atom. The highest BCUT2D eigenvalue weighted by Crippen LogP contribution is 2.09. The lowest BCUT2D eigenvalue weighted by molar-refractivity contribution is 0.0791. The van der Waals surface area contributed by atoms with Crippen molar-refractivity contribution in [1.82, 2.24) is 20.2 Å². The molecule has 0 bridgehead atoms. The van der Waals surface area contributed by atoms with Gasteiger partial charge in [0.2, 0.25) is 0 Å². The first-order valence-electron chi connectivity index (χ1n) is 5.84. The lowest BCUT2D eigenvalue weighted by atomic mass is 10.3. The molecular weight excluding hydrogens is 228 g/mol. The minimum Gasteiger partial charge on any atom is -0.339 e. The van der Waals surface area contributed by atoms with Crippen molar-refractivity contribution in [3.8, 4) is 0 Å². The van der Waals surface area contributed by atoms with Crippen LogP contribution in [0.4, 0.5) is 0 Å². The molecule has 1 N–H and O–H groups in total. The quantitative estimate of drug-likeness (QED) is 0.869. The van der Waals surface area contributed by atoms with Gasteiger partial charge in [-0.2, -0.15) is 0 Å². The van der Waals surface area contributed by atoms with E-state index >= 15 is 0 Å². The predicted molar refractivity (Wildman–Crippen MR) is 70.4 cm³/mol. The maximum absolute atomic E-state index is 12.1. The second-order valence-electron chi connectivity index (χ2n) is 4.07. The van der Waals surface area contributed by atoms with E-state index in [1.54, 1.807) is 11.9 Å². The molecule has 0 aliphatic carbocycles. The van der Waals surface area contributed by atoms with Crippen LogP contribution in [0.15, 0.2) is 30.5 Å². The molecule has 2 aromatic rings. The molecule has 18 heavy (non-hydrogen) atoms. The lowest BCUT2D eigenvalue weighted by Crippen LogP contribution is -2.33. The number of hydrogen-bond acceptors (Lipinski definition) is 4. The predicted octanol–water partition coefficient (Wildman–Crippen LogP) is 0.921. The summed E-state index contributed by atoms with van der Waals surface area (Å²) < 4.78 is 0. The van der Waals surface area contributed by atoms with Crippen LogP contribution in [-0.2, 0) is 0 Å². The number of hydrogen-bond donors (Lipinski definition) is 1. The highest BCUT2D eigenvalue weighted by molar-refractivity contribution is 5.93. The van der Waals surface area contributed by atoms with E-state index < -0.39 is 0 Å². The molecule has 1 aromatic heterocycles. The summed E-state index contributed by atoms with van der Waals surface area (Å²) in [7, 11) is 3.62. The van der Waals surface area contributed by atoms with Crippen molar-refractivity contribution < 1.29 is 4.79 Å². The monoisotopic (exact) mass is 244 g/mol. The Kier molecular flexibility index (Phi) is 3.84. The number of likely N-dealkylation sites (N-methyl/N-ethyl adjacent to an activating group) is 2. The van der Waals surface area contributed by atoms with Gasteiger partial charge < -0.3 is 10.2 Å². The molecule has 0 fully saturated rings. The molecule has 0 saturated heterocycles. The molecule has 0 aliphatic rings. The minimum atomic E-state index is -0.108. The first kappa shape index (κ1) is 12.4. The van der Waals surface area contributed by atoms with E-state index in [1.165, 1.54) is 6.20 Å². The number of carbonyl (C=O) groups is 1. The van der Waals surface area contributed by atoms with Gasteiger partial charge in [0.25, 0.3) is 5.91 Å². The van der Waals surface area contributed by atoms with Crippen LogP contribution >= 0.6 is 0 Å². The number of rotatable bonds is 4. The molecule has 0 saturated carbocycles. The zero-order valence-electron chi connectivity index (χ0n) is 10.6. The molecule has 1 amide bonds. The number of para-hydroxylation sites is 2. The fourth-order valence-corrected chi connectivity index (χ4v) is 1.64. The van der Waals surface area contributed by atoms with Gasteiger partial charge in [-0.25, -0.2) is 4.98 Å². The van der Waals surface area contributed by atoms with E-state index in [4.69, 9.17) is 0 Å². The van der Waals surface area contributed by atoms with Crippen LogP contribution in [0.5, 0.6) is 0 Å². The van der Waals surface area contributed by atoms with Crippen molar-refractivity contribution in [3.05, 3.63) is 36.2 Å². The molecule has 0 unspecified atom stereocenters. The Hall–Kier alpha value is -2.01. The first-order valence-corrected chi connectivity index (χ1v) is 5.84. The third-order valence-electron chi connectivity index (χ3n) is 2.71. The fraction of sp³-hybridized carbons (Fsp3) is 0.308. The van der Waals surface area contributed by atoms with Gasteiger partial charge in [0.15, 0.2) is 0 Å². The van der Waals surface area contributed by atoms with Gasteiger partial charge in [-0.15, -0.1) is 0 Å². The zero-order chi connectivity index (χ0) is 13.0. The van der Waals surface area contributed by atoms with Crippen LogP contribution in [0.1, 0.15) is 10.5 Å². The van der Waals surface area contributed by atoms with E-state index in [1.807, 2.05) is 31.3 Å². The number of benzene rings is 1. The Morgan fingerprint density at radius 2 is 2.06 bits per heavy atom. The fourth-order valence-electron chi connectivity index (χ4n) is 1.64. The second-order valence-corrected chi connectivity index (χ2v) is 4.07. The summed E-state index contributed by atoms with van der Waals surface area (Å²) in [4.78, 5) is 22.3. The molecule has 0 spiro atoms. The largest absolute Gasteiger partial charge is 0.339 e. The molecular formula is C13H16N4O. The Bertz CT molecular complexity index is 555. The zero-order valence-corrected chi connectivity index (χ0v) is 10.6. The van der Waals surface area contributed by atoms with E-state index in [9.17, 15) is 4.79 Å². The third kappa shape index (κ3) is 2.62.